The summed E-state index contributed by atoms with van der Waals surface area (Å²) in [6.07, 6.45) is 7.61. The van der Waals surface area contributed by atoms with Gasteiger partial charge in [-0.15, -0.1) is 5.10 Å². The van der Waals surface area contributed by atoms with Gasteiger partial charge in [0.25, 0.3) is 0 Å². The number of nitrogens with zero attached hydrogens (tertiary/aromatic N) is 6. The van der Waals surface area contributed by atoms with Crippen LogP contribution in [0.1, 0.15) is 43.4 Å². The van der Waals surface area contributed by atoms with E-state index >= 15 is 0 Å². The van der Waals surface area contributed by atoms with Gasteiger partial charge in [-0.2, -0.15) is 4.98 Å². The lowest BCUT2D eigenvalue weighted by molar-refractivity contribution is 0.0533. The minimum atomic E-state index is -0.818. The average Bonchev–Trinajstić information content (AvgIpc) is 3.50. The summed E-state index contributed by atoms with van der Waals surface area (Å²) in [5.41, 5.74) is 5.00. The molecule has 8 nitrogen and oxygen atoms in total. The number of nitrogens with one attached hydrogen (secondary N) is 1. The Bertz CT molecular complexity index is 1290. The highest BCUT2D eigenvalue weighted by Gasteiger charge is 2.37. The molecular weight excluding hydrogens is 414 g/mol. The van der Waals surface area contributed by atoms with Crippen LogP contribution < -0.4 is 10.2 Å². The number of rotatable bonds is 5. The SMILES string of the molecule is Cc1cc(-n2cnc(Nc3nc(N4CCC[C@H]4C(C)(C)O)c4cccn4n3)c2)cc(C)c1C. The molecule has 0 amide bonds. The topological polar surface area (TPSA) is 83.5 Å². The number of aliphatic hydroxyl groups is 1. The Labute approximate surface area is 193 Å². The van der Waals surface area contributed by atoms with E-state index in [9.17, 15) is 5.11 Å². The third-order valence-electron chi connectivity index (χ3n) is 6.74. The van der Waals surface area contributed by atoms with Gasteiger partial charge in [0.15, 0.2) is 11.6 Å². The van der Waals surface area contributed by atoms with Gasteiger partial charge in [-0.1, -0.05) is 0 Å². The summed E-state index contributed by atoms with van der Waals surface area (Å²) in [4.78, 5) is 11.6. The standard InChI is InChI=1S/C25H31N7O/c1-16-12-19(13-17(2)18(16)3)30-14-22(26-15-30)27-24-28-23(20-8-6-11-32(20)29-24)31-10-7-9-21(31)25(4,5)33/h6,8,11-15,21,33H,7,9-10H2,1-5H3,(H,27,29)/t21-/m0/s1. The van der Waals surface area contributed by atoms with Gasteiger partial charge >= 0.3 is 0 Å². The summed E-state index contributed by atoms with van der Waals surface area (Å²) in [7, 11) is 0. The van der Waals surface area contributed by atoms with E-state index in [0.717, 1.165) is 36.4 Å². The fourth-order valence-electron chi connectivity index (χ4n) is 4.74. The van der Waals surface area contributed by atoms with Gasteiger partial charge < -0.3 is 19.9 Å². The van der Waals surface area contributed by atoms with E-state index in [1.165, 1.54) is 16.7 Å². The maximum Gasteiger partial charge on any atom is 0.248 e. The smallest absolute Gasteiger partial charge is 0.248 e. The van der Waals surface area contributed by atoms with Crippen LogP contribution in [0.2, 0.25) is 0 Å². The summed E-state index contributed by atoms with van der Waals surface area (Å²) in [6.45, 7) is 11.0. The Morgan fingerprint density at radius 1 is 1.15 bits per heavy atom. The predicted octanol–water partition coefficient (Wildman–Crippen LogP) is 4.32. The lowest BCUT2D eigenvalue weighted by Gasteiger charge is -2.34. The summed E-state index contributed by atoms with van der Waals surface area (Å²) in [6, 6.07) is 8.31. The third-order valence-corrected chi connectivity index (χ3v) is 6.74. The van der Waals surface area contributed by atoms with Gasteiger partial charge in [-0.25, -0.2) is 9.50 Å². The Morgan fingerprint density at radius 2 is 1.91 bits per heavy atom. The van der Waals surface area contributed by atoms with Crippen molar-refractivity contribution in [1.82, 2.24) is 24.1 Å². The van der Waals surface area contributed by atoms with E-state index in [1.54, 1.807) is 6.33 Å². The molecule has 4 heterocycles. The summed E-state index contributed by atoms with van der Waals surface area (Å²) in [5.74, 6) is 1.96. The fourth-order valence-corrected chi connectivity index (χ4v) is 4.74. The molecule has 1 aromatic carbocycles. The molecule has 33 heavy (non-hydrogen) atoms. The molecule has 172 valence electrons. The number of fused-ring (bicyclic) bond motifs is 1. The molecule has 0 bridgehead atoms. The summed E-state index contributed by atoms with van der Waals surface area (Å²) in [5, 5.41) is 18.6. The number of hydrogen-bond acceptors (Lipinski definition) is 6. The number of aromatic nitrogens is 5. The molecule has 0 radical (unpaired) electrons. The summed E-state index contributed by atoms with van der Waals surface area (Å²) < 4.78 is 3.83. The number of benzene rings is 1. The van der Waals surface area contributed by atoms with Crippen LogP contribution in [0.5, 0.6) is 0 Å². The number of aryl methyl sites for hydroxylation is 2. The van der Waals surface area contributed by atoms with Crippen LogP contribution in [-0.2, 0) is 0 Å². The van der Waals surface area contributed by atoms with E-state index in [2.05, 4.69) is 53.2 Å². The van der Waals surface area contributed by atoms with Gasteiger partial charge in [0, 0.05) is 18.4 Å². The van der Waals surface area contributed by atoms with Crippen LogP contribution >= 0.6 is 0 Å². The second kappa shape index (κ2) is 7.88. The van der Waals surface area contributed by atoms with Crippen LogP contribution in [0.25, 0.3) is 11.2 Å². The first kappa shape index (κ1) is 21.5. The van der Waals surface area contributed by atoms with Crippen molar-refractivity contribution in [2.75, 3.05) is 16.8 Å². The molecule has 8 heteroatoms. The van der Waals surface area contributed by atoms with Crippen LogP contribution in [0.3, 0.4) is 0 Å². The average molecular weight is 446 g/mol. The van der Waals surface area contributed by atoms with Crippen molar-refractivity contribution in [2.45, 2.75) is 59.1 Å². The van der Waals surface area contributed by atoms with Crippen LogP contribution in [0, 0.1) is 20.8 Å². The highest BCUT2D eigenvalue weighted by molar-refractivity contribution is 5.71. The minimum Gasteiger partial charge on any atom is -0.388 e. The molecule has 2 N–H and O–H groups in total. The molecular formula is C25H31N7O. The molecule has 1 atom stereocenters. The first-order valence-corrected chi connectivity index (χ1v) is 11.4. The molecule has 3 aromatic heterocycles. The van der Waals surface area contributed by atoms with Crippen LogP contribution in [0.15, 0.2) is 43.0 Å². The minimum absolute atomic E-state index is 0.00572. The van der Waals surface area contributed by atoms with Crippen LogP contribution in [-0.4, -0.2) is 47.4 Å². The molecule has 0 aliphatic carbocycles. The van der Waals surface area contributed by atoms with E-state index < -0.39 is 5.60 Å². The van der Waals surface area contributed by atoms with E-state index in [-0.39, 0.29) is 6.04 Å². The molecule has 1 fully saturated rings. The Hall–Kier alpha value is -3.39. The number of hydrogen-bond donors (Lipinski definition) is 2. The van der Waals surface area contributed by atoms with Crippen molar-refractivity contribution in [2.24, 2.45) is 0 Å². The van der Waals surface area contributed by atoms with Crippen LogP contribution in [0.4, 0.5) is 17.6 Å². The second-order valence-electron chi connectivity index (χ2n) is 9.60. The van der Waals surface area contributed by atoms with Gasteiger partial charge in [0.05, 0.1) is 17.8 Å². The first-order valence-electron chi connectivity index (χ1n) is 11.4. The van der Waals surface area contributed by atoms with Crippen molar-refractivity contribution in [3.8, 4) is 5.69 Å². The predicted molar refractivity (Wildman–Crippen MR) is 131 cm³/mol. The zero-order chi connectivity index (χ0) is 23.3. The molecule has 0 saturated carbocycles. The highest BCUT2D eigenvalue weighted by atomic mass is 16.3. The molecule has 1 aliphatic heterocycles. The number of imidazole rings is 1. The second-order valence-corrected chi connectivity index (χ2v) is 9.60. The maximum atomic E-state index is 10.7. The van der Waals surface area contributed by atoms with Gasteiger partial charge in [0.1, 0.15) is 11.8 Å². The maximum absolute atomic E-state index is 10.7. The van der Waals surface area contributed by atoms with E-state index in [1.807, 2.05) is 47.5 Å². The molecule has 5 rings (SSSR count). The Morgan fingerprint density at radius 3 is 2.64 bits per heavy atom. The molecule has 1 saturated heterocycles. The highest BCUT2D eigenvalue weighted by Crippen LogP contribution is 2.33. The quantitative estimate of drug-likeness (QED) is 0.476. The first-order chi connectivity index (χ1) is 15.7. The zero-order valence-electron chi connectivity index (χ0n) is 19.9. The molecule has 1 aliphatic rings. The van der Waals surface area contributed by atoms with Crippen molar-refractivity contribution in [3.05, 3.63) is 59.7 Å². The van der Waals surface area contributed by atoms with Crippen molar-refractivity contribution >= 4 is 23.1 Å². The van der Waals surface area contributed by atoms with Crippen molar-refractivity contribution in [3.63, 3.8) is 0 Å². The Balaban J connectivity index is 1.47. The number of anilines is 3. The van der Waals surface area contributed by atoms with Gasteiger partial charge in [-0.05, 0) is 88.4 Å². The molecule has 0 unspecified atom stereocenters. The molecule has 0 spiro atoms. The largest absolute Gasteiger partial charge is 0.388 e. The lowest BCUT2D eigenvalue weighted by Crippen LogP contribution is -2.46. The zero-order valence-corrected chi connectivity index (χ0v) is 19.9. The lowest BCUT2D eigenvalue weighted by atomic mass is 9.97. The van der Waals surface area contributed by atoms with Gasteiger partial charge in [-0.3, -0.25) is 0 Å². The van der Waals surface area contributed by atoms with E-state index in [0.29, 0.717) is 11.8 Å². The third kappa shape index (κ3) is 3.95. The summed E-state index contributed by atoms with van der Waals surface area (Å²) >= 11 is 0. The fraction of sp³-hybridized carbons (Fsp3) is 0.400. The van der Waals surface area contributed by atoms with Crippen molar-refractivity contribution in [1.29, 1.82) is 0 Å². The van der Waals surface area contributed by atoms with Gasteiger partial charge in [0.2, 0.25) is 5.95 Å². The Kier molecular flexibility index (Phi) is 5.12. The van der Waals surface area contributed by atoms with E-state index in [4.69, 9.17) is 4.98 Å². The monoisotopic (exact) mass is 445 g/mol. The van der Waals surface area contributed by atoms with Crippen molar-refractivity contribution < 1.29 is 5.11 Å². The molecule has 4 aromatic rings. The normalized spacial score (nSPS) is 16.7.